The Morgan fingerprint density at radius 1 is 1.17 bits per heavy atom. The van der Waals surface area contributed by atoms with Crippen molar-refractivity contribution in [1.29, 1.82) is 0 Å². The van der Waals surface area contributed by atoms with E-state index in [9.17, 15) is 18.8 Å². The third kappa shape index (κ3) is 4.70. The molecular formula is C22H26FN3O3S. The highest BCUT2D eigenvalue weighted by atomic mass is 32.1. The highest BCUT2D eigenvalue weighted by molar-refractivity contribution is 7.16. The first-order chi connectivity index (χ1) is 14.3. The van der Waals surface area contributed by atoms with Gasteiger partial charge in [0.1, 0.15) is 17.4 Å². The number of nitrogens with two attached hydrogens (primary N) is 1. The Morgan fingerprint density at radius 3 is 2.47 bits per heavy atom. The molecule has 6 nitrogen and oxygen atoms in total. The van der Waals surface area contributed by atoms with Crippen LogP contribution in [0.15, 0.2) is 24.3 Å². The van der Waals surface area contributed by atoms with E-state index in [1.165, 1.54) is 34.4 Å². The fourth-order valence-electron chi connectivity index (χ4n) is 3.88. The van der Waals surface area contributed by atoms with Gasteiger partial charge in [0, 0.05) is 10.9 Å². The average molecular weight is 432 g/mol. The number of anilines is 1. The predicted octanol–water partition coefficient (Wildman–Crippen LogP) is 4.02. The van der Waals surface area contributed by atoms with Crippen molar-refractivity contribution < 1.29 is 18.8 Å². The van der Waals surface area contributed by atoms with Gasteiger partial charge in [0.15, 0.2) is 0 Å². The number of carbonyl (C=O) groups is 3. The SMILES string of the molecule is Cc1sc(NC(=O)CN(C(=O)c2ccccc2F)C2CCCCC2)c(C(N)=O)c1C. The normalized spacial score (nSPS) is 14.4. The van der Waals surface area contributed by atoms with Crippen molar-refractivity contribution >= 4 is 34.1 Å². The highest BCUT2D eigenvalue weighted by Gasteiger charge is 2.30. The molecule has 1 fully saturated rings. The molecule has 1 aliphatic rings. The molecule has 3 amide bonds. The molecule has 8 heteroatoms. The lowest BCUT2D eigenvalue weighted by Gasteiger charge is -2.34. The van der Waals surface area contributed by atoms with Gasteiger partial charge in [-0.3, -0.25) is 14.4 Å². The Kier molecular flexibility index (Phi) is 6.87. The molecule has 0 spiro atoms. The zero-order valence-electron chi connectivity index (χ0n) is 17.2. The summed E-state index contributed by atoms with van der Waals surface area (Å²) in [6, 6.07) is 5.67. The lowest BCUT2D eigenvalue weighted by molar-refractivity contribution is -0.117. The van der Waals surface area contributed by atoms with Gasteiger partial charge in [0.25, 0.3) is 11.8 Å². The van der Waals surface area contributed by atoms with Crippen LogP contribution in [0.4, 0.5) is 9.39 Å². The molecular weight excluding hydrogens is 405 g/mol. The maximum Gasteiger partial charge on any atom is 0.257 e. The van der Waals surface area contributed by atoms with E-state index in [1.807, 2.05) is 6.92 Å². The van der Waals surface area contributed by atoms with Gasteiger partial charge in [0.2, 0.25) is 5.91 Å². The summed E-state index contributed by atoms with van der Waals surface area (Å²) in [5, 5.41) is 3.11. The average Bonchev–Trinajstić information content (AvgIpc) is 3.00. The molecule has 1 heterocycles. The number of thiophene rings is 1. The fourth-order valence-corrected chi connectivity index (χ4v) is 4.96. The summed E-state index contributed by atoms with van der Waals surface area (Å²) in [5.74, 6) is -2.15. The monoisotopic (exact) mass is 431 g/mol. The van der Waals surface area contributed by atoms with Gasteiger partial charge >= 0.3 is 0 Å². The van der Waals surface area contributed by atoms with Crippen molar-refractivity contribution in [1.82, 2.24) is 4.90 Å². The lowest BCUT2D eigenvalue weighted by atomic mass is 9.93. The number of carbonyl (C=O) groups excluding carboxylic acids is 3. The lowest BCUT2D eigenvalue weighted by Crippen LogP contribution is -2.46. The Morgan fingerprint density at radius 2 is 1.83 bits per heavy atom. The largest absolute Gasteiger partial charge is 0.365 e. The Balaban J connectivity index is 1.84. The highest BCUT2D eigenvalue weighted by Crippen LogP contribution is 2.32. The molecule has 0 radical (unpaired) electrons. The second-order valence-electron chi connectivity index (χ2n) is 7.60. The van der Waals surface area contributed by atoms with Crippen molar-refractivity contribution in [2.24, 2.45) is 5.73 Å². The first-order valence-corrected chi connectivity index (χ1v) is 10.9. The topological polar surface area (TPSA) is 92.5 Å². The van der Waals surface area contributed by atoms with Gasteiger partial charge in [-0.1, -0.05) is 31.4 Å². The summed E-state index contributed by atoms with van der Waals surface area (Å²) < 4.78 is 14.2. The number of benzene rings is 1. The van der Waals surface area contributed by atoms with E-state index in [0.717, 1.165) is 42.5 Å². The summed E-state index contributed by atoms with van der Waals surface area (Å²) >= 11 is 1.27. The number of halogens is 1. The summed E-state index contributed by atoms with van der Waals surface area (Å²) in [6.45, 7) is 3.40. The minimum absolute atomic E-state index is 0.0449. The first kappa shape index (κ1) is 22.0. The first-order valence-electron chi connectivity index (χ1n) is 10.0. The number of nitrogens with zero attached hydrogens (tertiary/aromatic N) is 1. The molecule has 2 aromatic rings. The summed E-state index contributed by atoms with van der Waals surface area (Å²) in [6.07, 6.45) is 4.56. The quantitative estimate of drug-likeness (QED) is 0.724. The van der Waals surface area contributed by atoms with Crippen LogP contribution in [0.2, 0.25) is 0 Å². The van der Waals surface area contributed by atoms with Crippen LogP contribution < -0.4 is 11.1 Å². The molecule has 0 aliphatic heterocycles. The van der Waals surface area contributed by atoms with Gasteiger partial charge in [-0.05, 0) is 44.4 Å². The van der Waals surface area contributed by atoms with Gasteiger partial charge in [-0.2, -0.15) is 0 Å². The van der Waals surface area contributed by atoms with E-state index >= 15 is 0 Å². The second kappa shape index (κ2) is 9.38. The molecule has 1 aromatic carbocycles. The van der Waals surface area contributed by atoms with Gasteiger partial charge < -0.3 is 16.0 Å². The van der Waals surface area contributed by atoms with Gasteiger partial charge in [0.05, 0.1) is 11.1 Å². The second-order valence-corrected chi connectivity index (χ2v) is 8.83. The predicted molar refractivity (Wildman–Crippen MR) is 115 cm³/mol. The van der Waals surface area contributed by atoms with E-state index in [0.29, 0.717) is 5.00 Å². The van der Waals surface area contributed by atoms with Crippen molar-refractivity contribution in [2.75, 3.05) is 11.9 Å². The maximum atomic E-state index is 14.2. The third-order valence-corrected chi connectivity index (χ3v) is 6.70. The van der Waals surface area contributed by atoms with Crippen molar-refractivity contribution in [2.45, 2.75) is 52.0 Å². The summed E-state index contributed by atoms with van der Waals surface area (Å²) in [4.78, 5) is 40.1. The Bertz CT molecular complexity index is 967. The van der Waals surface area contributed by atoms with E-state index in [-0.39, 0.29) is 23.7 Å². The molecule has 0 unspecified atom stereocenters. The number of hydrogen-bond acceptors (Lipinski definition) is 4. The Hall–Kier alpha value is -2.74. The van der Waals surface area contributed by atoms with E-state index in [4.69, 9.17) is 5.73 Å². The van der Waals surface area contributed by atoms with Crippen LogP contribution in [0.5, 0.6) is 0 Å². The Labute approximate surface area is 179 Å². The number of amides is 3. The standard InChI is InChI=1S/C22H26FN3O3S/c1-13-14(2)30-21(19(13)20(24)28)25-18(27)12-26(15-8-4-3-5-9-15)22(29)16-10-6-7-11-17(16)23/h6-7,10-11,15H,3-5,8-9,12H2,1-2H3,(H2,24,28)(H,25,27). The van der Waals surface area contributed by atoms with Crippen molar-refractivity contribution in [3.63, 3.8) is 0 Å². The maximum absolute atomic E-state index is 14.2. The minimum Gasteiger partial charge on any atom is -0.365 e. The van der Waals surface area contributed by atoms with Crippen LogP contribution in [0.1, 0.15) is 63.3 Å². The van der Waals surface area contributed by atoms with E-state index in [2.05, 4.69) is 5.32 Å². The molecule has 1 aliphatic carbocycles. The number of hydrogen-bond donors (Lipinski definition) is 2. The van der Waals surface area contributed by atoms with Crippen LogP contribution in [0, 0.1) is 19.7 Å². The fraction of sp³-hybridized carbons (Fsp3) is 0.409. The van der Waals surface area contributed by atoms with Crippen LogP contribution in [-0.4, -0.2) is 35.2 Å². The number of nitrogens with one attached hydrogen (secondary N) is 1. The third-order valence-electron chi connectivity index (χ3n) is 5.58. The molecule has 3 N–H and O–H groups in total. The number of rotatable bonds is 6. The zero-order valence-corrected chi connectivity index (χ0v) is 18.0. The van der Waals surface area contributed by atoms with Gasteiger partial charge in [-0.25, -0.2) is 4.39 Å². The molecule has 160 valence electrons. The molecule has 1 aromatic heterocycles. The smallest absolute Gasteiger partial charge is 0.257 e. The summed E-state index contributed by atoms with van der Waals surface area (Å²) in [7, 11) is 0. The summed E-state index contributed by atoms with van der Waals surface area (Å²) in [5.41, 5.74) is 6.45. The molecule has 0 bridgehead atoms. The van der Waals surface area contributed by atoms with Crippen LogP contribution >= 0.6 is 11.3 Å². The molecule has 1 saturated carbocycles. The van der Waals surface area contributed by atoms with Gasteiger partial charge in [-0.15, -0.1) is 11.3 Å². The van der Waals surface area contributed by atoms with E-state index in [1.54, 1.807) is 13.0 Å². The molecule has 0 saturated heterocycles. The zero-order chi connectivity index (χ0) is 21.8. The van der Waals surface area contributed by atoms with Crippen LogP contribution in [-0.2, 0) is 4.79 Å². The molecule has 30 heavy (non-hydrogen) atoms. The number of primary amides is 1. The van der Waals surface area contributed by atoms with Crippen LogP contribution in [0.25, 0.3) is 0 Å². The minimum atomic E-state index is -0.612. The van der Waals surface area contributed by atoms with E-state index < -0.39 is 23.5 Å². The number of aryl methyl sites for hydroxylation is 1. The van der Waals surface area contributed by atoms with Crippen molar-refractivity contribution in [3.05, 3.63) is 51.7 Å². The van der Waals surface area contributed by atoms with Crippen molar-refractivity contribution in [3.8, 4) is 0 Å². The molecule has 0 atom stereocenters. The van der Waals surface area contributed by atoms with Crippen LogP contribution in [0.3, 0.4) is 0 Å². The molecule has 3 rings (SSSR count).